The minimum Gasteiger partial charge on any atom is -0.377 e. The summed E-state index contributed by atoms with van der Waals surface area (Å²) in [7, 11) is 1.84. The minimum absolute atomic E-state index is 0.00870. The summed E-state index contributed by atoms with van der Waals surface area (Å²) < 4.78 is 19.5. The summed E-state index contributed by atoms with van der Waals surface area (Å²) in [6.45, 7) is 4.49. The number of benzene rings is 1. The Kier molecular flexibility index (Phi) is 5.38. The van der Waals surface area contributed by atoms with Crippen molar-refractivity contribution in [2.24, 2.45) is 0 Å². The van der Waals surface area contributed by atoms with Gasteiger partial charge in [0.2, 0.25) is 0 Å². The maximum Gasteiger partial charge on any atom is 0.124 e. The molecule has 1 N–H and O–H groups in total. The first kappa shape index (κ1) is 13.6. The van der Waals surface area contributed by atoms with Crippen LogP contribution in [0.1, 0.15) is 25.5 Å². The molecule has 1 aromatic rings. The van der Waals surface area contributed by atoms with Crippen LogP contribution in [0.2, 0.25) is 0 Å². The third-order valence-corrected chi connectivity index (χ3v) is 2.69. The molecule has 0 amide bonds. The predicted octanol–water partition coefficient (Wildman–Crippen LogP) is 3.27. The molecular weight excluding hydrogens is 273 g/mol. The van der Waals surface area contributed by atoms with E-state index in [1.54, 1.807) is 0 Å². The van der Waals surface area contributed by atoms with Crippen LogP contribution < -0.4 is 5.32 Å². The van der Waals surface area contributed by atoms with Gasteiger partial charge in [-0.05, 0) is 44.7 Å². The lowest BCUT2D eigenvalue weighted by Gasteiger charge is -2.18. The zero-order chi connectivity index (χ0) is 12.1. The summed E-state index contributed by atoms with van der Waals surface area (Å²) in [6, 6.07) is 4.87. The second-order valence-corrected chi connectivity index (χ2v) is 4.84. The summed E-state index contributed by atoms with van der Waals surface area (Å²) in [5.41, 5.74) is 0.884. The predicted molar refractivity (Wildman–Crippen MR) is 67.0 cm³/mol. The number of rotatable bonds is 5. The summed E-state index contributed by atoms with van der Waals surface area (Å²) in [4.78, 5) is 0. The van der Waals surface area contributed by atoms with Gasteiger partial charge in [0.1, 0.15) is 5.82 Å². The Morgan fingerprint density at radius 3 is 2.56 bits per heavy atom. The summed E-state index contributed by atoms with van der Waals surface area (Å²) in [5.74, 6) is -0.242. The summed E-state index contributed by atoms with van der Waals surface area (Å²) in [5, 5.41) is 3.12. The lowest BCUT2D eigenvalue weighted by atomic mass is 10.1. The SMILES string of the molecule is CNC(COC(C)C)c1cc(F)cc(Br)c1. The summed E-state index contributed by atoms with van der Waals surface area (Å²) in [6.07, 6.45) is 0.174. The molecule has 0 saturated carbocycles. The van der Waals surface area contributed by atoms with E-state index in [4.69, 9.17) is 4.74 Å². The number of nitrogens with one attached hydrogen (secondary N) is 1. The van der Waals surface area contributed by atoms with Crippen molar-refractivity contribution in [3.63, 3.8) is 0 Å². The number of hydrogen-bond acceptors (Lipinski definition) is 2. The maximum absolute atomic E-state index is 13.2. The molecule has 16 heavy (non-hydrogen) atoms. The van der Waals surface area contributed by atoms with Crippen LogP contribution in [-0.2, 0) is 4.74 Å². The topological polar surface area (TPSA) is 21.3 Å². The minimum atomic E-state index is -0.242. The third-order valence-electron chi connectivity index (χ3n) is 2.23. The molecule has 0 spiro atoms. The molecule has 90 valence electrons. The van der Waals surface area contributed by atoms with Crippen molar-refractivity contribution in [2.45, 2.75) is 26.0 Å². The first-order valence-electron chi connectivity index (χ1n) is 5.27. The van der Waals surface area contributed by atoms with Gasteiger partial charge >= 0.3 is 0 Å². The average Bonchev–Trinajstić information content (AvgIpc) is 2.16. The zero-order valence-corrected chi connectivity index (χ0v) is 11.3. The van der Waals surface area contributed by atoms with Crippen LogP contribution in [0.25, 0.3) is 0 Å². The second kappa shape index (κ2) is 6.33. The van der Waals surface area contributed by atoms with Gasteiger partial charge in [0.05, 0.1) is 18.8 Å². The number of likely N-dealkylation sites (N-methyl/N-ethyl adjacent to an activating group) is 1. The maximum atomic E-state index is 13.2. The van der Waals surface area contributed by atoms with Crippen molar-refractivity contribution in [2.75, 3.05) is 13.7 Å². The molecule has 1 aromatic carbocycles. The van der Waals surface area contributed by atoms with Crippen LogP contribution in [0.3, 0.4) is 0 Å². The van der Waals surface area contributed by atoms with E-state index in [1.807, 2.05) is 27.0 Å². The molecule has 0 heterocycles. The quantitative estimate of drug-likeness (QED) is 0.898. The van der Waals surface area contributed by atoms with Crippen molar-refractivity contribution < 1.29 is 9.13 Å². The van der Waals surface area contributed by atoms with E-state index in [9.17, 15) is 4.39 Å². The van der Waals surface area contributed by atoms with E-state index in [0.29, 0.717) is 6.61 Å². The third kappa shape index (κ3) is 4.20. The molecule has 2 nitrogen and oxygen atoms in total. The van der Waals surface area contributed by atoms with Crippen molar-refractivity contribution >= 4 is 15.9 Å². The Morgan fingerprint density at radius 2 is 2.06 bits per heavy atom. The molecule has 0 aliphatic rings. The van der Waals surface area contributed by atoms with E-state index in [0.717, 1.165) is 10.0 Å². The van der Waals surface area contributed by atoms with Gasteiger partial charge in [0.25, 0.3) is 0 Å². The fourth-order valence-electron chi connectivity index (χ4n) is 1.41. The number of hydrogen-bond donors (Lipinski definition) is 1. The normalized spacial score (nSPS) is 13.1. The van der Waals surface area contributed by atoms with Crippen molar-refractivity contribution in [1.29, 1.82) is 0 Å². The molecule has 1 rings (SSSR count). The van der Waals surface area contributed by atoms with Gasteiger partial charge < -0.3 is 10.1 Å². The van der Waals surface area contributed by atoms with Crippen LogP contribution in [0.15, 0.2) is 22.7 Å². The lowest BCUT2D eigenvalue weighted by molar-refractivity contribution is 0.0625. The van der Waals surface area contributed by atoms with Crippen molar-refractivity contribution in [3.8, 4) is 0 Å². The molecule has 0 bridgehead atoms. The second-order valence-electron chi connectivity index (χ2n) is 3.93. The standard InChI is InChI=1S/C12H17BrFNO/c1-8(2)16-7-12(15-3)9-4-10(13)6-11(14)5-9/h4-6,8,12,15H,7H2,1-3H3. The molecule has 1 unspecified atom stereocenters. The highest BCUT2D eigenvalue weighted by Gasteiger charge is 2.12. The van der Waals surface area contributed by atoms with Crippen LogP contribution in [0.5, 0.6) is 0 Å². The monoisotopic (exact) mass is 289 g/mol. The molecule has 0 radical (unpaired) electrons. The van der Waals surface area contributed by atoms with Gasteiger partial charge in [-0.2, -0.15) is 0 Å². The van der Waals surface area contributed by atoms with Crippen LogP contribution in [0.4, 0.5) is 4.39 Å². The Morgan fingerprint density at radius 1 is 1.38 bits per heavy atom. The number of ether oxygens (including phenoxy) is 1. The fraction of sp³-hybridized carbons (Fsp3) is 0.500. The van der Waals surface area contributed by atoms with E-state index in [2.05, 4.69) is 21.2 Å². The zero-order valence-electron chi connectivity index (χ0n) is 9.76. The molecule has 0 fully saturated rings. The summed E-state index contributed by atoms with van der Waals surface area (Å²) >= 11 is 3.28. The van der Waals surface area contributed by atoms with Crippen LogP contribution in [-0.4, -0.2) is 19.8 Å². The van der Waals surface area contributed by atoms with E-state index in [1.165, 1.54) is 12.1 Å². The largest absolute Gasteiger partial charge is 0.377 e. The highest BCUT2D eigenvalue weighted by Crippen LogP contribution is 2.20. The fourth-order valence-corrected chi connectivity index (χ4v) is 1.89. The lowest BCUT2D eigenvalue weighted by Crippen LogP contribution is -2.23. The highest BCUT2D eigenvalue weighted by atomic mass is 79.9. The van der Waals surface area contributed by atoms with Gasteiger partial charge in [-0.15, -0.1) is 0 Å². The van der Waals surface area contributed by atoms with Gasteiger partial charge in [-0.25, -0.2) is 4.39 Å². The Hall–Kier alpha value is -0.450. The number of halogens is 2. The van der Waals surface area contributed by atoms with Crippen LogP contribution >= 0.6 is 15.9 Å². The van der Waals surface area contributed by atoms with E-state index in [-0.39, 0.29) is 18.0 Å². The molecular formula is C12H17BrFNO. The highest BCUT2D eigenvalue weighted by molar-refractivity contribution is 9.10. The molecule has 1 atom stereocenters. The van der Waals surface area contributed by atoms with Gasteiger partial charge in [-0.1, -0.05) is 15.9 Å². The first-order chi connectivity index (χ1) is 7.52. The van der Waals surface area contributed by atoms with Gasteiger partial charge in [0.15, 0.2) is 0 Å². The molecule has 0 saturated heterocycles. The van der Waals surface area contributed by atoms with E-state index >= 15 is 0 Å². The van der Waals surface area contributed by atoms with Gasteiger partial charge in [-0.3, -0.25) is 0 Å². The molecule has 0 aromatic heterocycles. The van der Waals surface area contributed by atoms with Crippen LogP contribution in [0, 0.1) is 5.82 Å². The van der Waals surface area contributed by atoms with Crippen molar-refractivity contribution in [3.05, 3.63) is 34.1 Å². The smallest absolute Gasteiger partial charge is 0.124 e. The Balaban J connectivity index is 2.78. The van der Waals surface area contributed by atoms with Gasteiger partial charge in [0, 0.05) is 4.47 Å². The molecule has 0 aliphatic heterocycles. The molecule has 0 aliphatic carbocycles. The molecule has 4 heteroatoms. The Bertz CT molecular complexity index is 324. The van der Waals surface area contributed by atoms with E-state index < -0.39 is 0 Å². The first-order valence-corrected chi connectivity index (χ1v) is 6.07. The average molecular weight is 290 g/mol. The Labute approximate surface area is 104 Å². The van der Waals surface area contributed by atoms with Crippen molar-refractivity contribution in [1.82, 2.24) is 5.32 Å².